The highest BCUT2D eigenvalue weighted by Crippen LogP contribution is 2.38. The molecule has 8 bridgehead atoms. The molecule has 5 heterocycles. The average Bonchev–Trinajstić information content (AvgIpc) is 4.14. The third-order valence-corrected chi connectivity index (χ3v) is 9.00. The molecule has 4 heteroatoms. The van der Waals surface area contributed by atoms with Crippen LogP contribution in [0.25, 0.3) is 90.9 Å². The number of rotatable bonds is 4. The van der Waals surface area contributed by atoms with Gasteiger partial charge in [0.2, 0.25) is 0 Å². The third-order valence-electron chi connectivity index (χ3n) is 9.00. The van der Waals surface area contributed by atoms with Crippen LogP contribution in [0.15, 0.2) is 146 Å². The number of hydrogen-bond donors (Lipinski definition) is 2. The van der Waals surface area contributed by atoms with Crippen molar-refractivity contribution >= 4 is 46.4 Å². The Balaban J connectivity index is 0.000000851. The van der Waals surface area contributed by atoms with E-state index in [1.54, 1.807) is 0 Å². The zero-order valence-corrected chi connectivity index (χ0v) is 34.1. The molecule has 0 aliphatic carbocycles. The van der Waals surface area contributed by atoms with E-state index in [0.717, 1.165) is 89.4 Å². The van der Waals surface area contributed by atoms with E-state index in [2.05, 4.69) is 156 Å². The van der Waals surface area contributed by atoms with Crippen molar-refractivity contribution in [1.82, 2.24) is 19.9 Å². The van der Waals surface area contributed by atoms with Gasteiger partial charge in [-0.3, -0.25) is 0 Å². The Bertz CT molecular complexity index is 2180. The van der Waals surface area contributed by atoms with Crippen LogP contribution in [0.2, 0.25) is 0 Å². The summed E-state index contributed by atoms with van der Waals surface area (Å²) >= 11 is 0. The van der Waals surface area contributed by atoms with Crippen molar-refractivity contribution in [3.63, 3.8) is 0 Å². The lowest BCUT2D eigenvalue weighted by atomic mass is 10.0. The number of benzene rings is 4. The number of H-pyrrole nitrogens is 2. The number of hydrogen-bond acceptors (Lipinski definition) is 2. The fraction of sp³-hybridized carbons (Fsp3) is 0.185. The standard InChI is InChI=1S/C44H30N4.4C2H6.2CH4/c1-5-13-29(14-6-1)41-33-21-23-35(45-33)42(30-15-7-2-8-16-30)37-25-27-39(47-37)44(32-19-11-4-12-20-32)40-28-26-38(48-40)43(31-17-9-3-10-18-31)36-24-22-34(41)46-36;4*1-2;;/h1-28,45,48H;4*1-2H3;2*1H4. The summed E-state index contributed by atoms with van der Waals surface area (Å²) in [5.41, 5.74) is 16.2. The molecule has 2 aliphatic heterocycles. The van der Waals surface area contributed by atoms with Gasteiger partial charge in [0.1, 0.15) is 0 Å². The molecule has 4 aromatic carbocycles. The molecule has 0 amide bonds. The average molecular weight is 767 g/mol. The zero-order valence-electron chi connectivity index (χ0n) is 34.1. The van der Waals surface area contributed by atoms with Crippen LogP contribution in [0.5, 0.6) is 0 Å². The second-order valence-corrected chi connectivity index (χ2v) is 12.0. The van der Waals surface area contributed by atoms with Crippen molar-refractivity contribution in [1.29, 1.82) is 0 Å². The number of aromatic amines is 2. The summed E-state index contributed by atoms with van der Waals surface area (Å²) in [5.74, 6) is 0. The van der Waals surface area contributed by atoms with Crippen molar-refractivity contribution in [3.05, 3.63) is 168 Å². The van der Waals surface area contributed by atoms with Gasteiger partial charge in [0.05, 0.1) is 22.8 Å². The lowest BCUT2D eigenvalue weighted by Gasteiger charge is -2.07. The van der Waals surface area contributed by atoms with Gasteiger partial charge >= 0.3 is 0 Å². The molecule has 0 unspecified atom stereocenters. The van der Waals surface area contributed by atoms with Gasteiger partial charge in [-0.15, -0.1) is 0 Å². The molecule has 298 valence electrons. The monoisotopic (exact) mass is 766 g/mol. The van der Waals surface area contributed by atoms with E-state index >= 15 is 0 Å². The molecule has 7 aromatic rings. The van der Waals surface area contributed by atoms with Gasteiger partial charge in [-0.05, 0) is 70.8 Å². The number of aromatic nitrogens is 4. The summed E-state index contributed by atoms with van der Waals surface area (Å²) in [4.78, 5) is 18.3. The first-order chi connectivity index (χ1) is 27.8. The fourth-order valence-corrected chi connectivity index (χ4v) is 6.84. The molecule has 2 N–H and O–H groups in total. The molecule has 4 nitrogen and oxygen atoms in total. The minimum absolute atomic E-state index is 0. The van der Waals surface area contributed by atoms with Gasteiger partial charge in [-0.25, -0.2) is 9.97 Å². The molecule has 0 atom stereocenters. The highest BCUT2D eigenvalue weighted by molar-refractivity contribution is 5.99. The predicted octanol–water partition coefficient (Wildman–Crippen LogP) is 16.7. The molecule has 0 saturated carbocycles. The highest BCUT2D eigenvalue weighted by Gasteiger charge is 2.18. The van der Waals surface area contributed by atoms with Gasteiger partial charge in [0.25, 0.3) is 0 Å². The topological polar surface area (TPSA) is 57.4 Å². The molecular formula is C54H62N4. The third kappa shape index (κ3) is 9.70. The molecule has 0 saturated heterocycles. The van der Waals surface area contributed by atoms with E-state index in [1.807, 2.05) is 79.7 Å². The lowest BCUT2D eigenvalue weighted by Crippen LogP contribution is -1.89. The van der Waals surface area contributed by atoms with Crippen molar-refractivity contribution in [3.8, 4) is 44.5 Å². The van der Waals surface area contributed by atoms with Gasteiger partial charge in [-0.1, -0.05) is 192 Å². The van der Waals surface area contributed by atoms with Crippen LogP contribution in [0.1, 0.15) is 93.0 Å². The minimum Gasteiger partial charge on any atom is -0.354 e. The van der Waals surface area contributed by atoms with Crippen LogP contribution in [-0.4, -0.2) is 19.9 Å². The van der Waals surface area contributed by atoms with E-state index in [-0.39, 0.29) is 14.9 Å². The smallest absolute Gasteiger partial charge is 0.0737 e. The van der Waals surface area contributed by atoms with Gasteiger partial charge in [0, 0.05) is 44.3 Å². The van der Waals surface area contributed by atoms with E-state index in [4.69, 9.17) is 9.97 Å². The zero-order chi connectivity index (χ0) is 39.9. The Hall–Kier alpha value is -6.52. The largest absolute Gasteiger partial charge is 0.354 e. The summed E-state index contributed by atoms with van der Waals surface area (Å²) in [6.07, 6.45) is 8.54. The van der Waals surface area contributed by atoms with Crippen molar-refractivity contribution in [2.45, 2.75) is 70.2 Å². The van der Waals surface area contributed by atoms with Crippen molar-refractivity contribution < 1.29 is 0 Å². The minimum atomic E-state index is 0. The van der Waals surface area contributed by atoms with Crippen LogP contribution >= 0.6 is 0 Å². The molecule has 9 rings (SSSR count). The van der Waals surface area contributed by atoms with Gasteiger partial charge in [-0.2, -0.15) is 0 Å². The van der Waals surface area contributed by atoms with Crippen LogP contribution in [-0.2, 0) is 0 Å². The molecule has 58 heavy (non-hydrogen) atoms. The molecule has 2 aliphatic rings. The predicted molar refractivity (Wildman–Crippen MR) is 259 cm³/mol. The maximum Gasteiger partial charge on any atom is 0.0737 e. The normalized spacial score (nSPS) is 10.3. The number of fused-ring (bicyclic) bond motifs is 8. The molecule has 3 aromatic heterocycles. The van der Waals surface area contributed by atoms with Gasteiger partial charge in [0.15, 0.2) is 0 Å². The van der Waals surface area contributed by atoms with Crippen LogP contribution in [0, 0.1) is 0 Å². The summed E-state index contributed by atoms with van der Waals surface area (Å²) in [5, 5.41) is 0. The van der Waals surface area contributed by atoms with Crippen LogP contribution in [0.4, 0.5) is 0 Å². The van der Waals surface area contributed by atoms with Crippen molar-refractivity contribution in [2.75, 3.05) is 0 Å². The highest BCUT2D eigenvalue weighted by atomic mass is 14.8. The second-order valence-electron chi connectivity index (χ2n) is 12.0. The van der Waals surface area contributed by atoms with E-state index in [1.165, 1.54) is 0 Å². The van der Waals surface area contributed by atoms with E-state index < -0.39 is 0 Å². The first-order valence-corrected chi connectivity index (χ1v) is 20.2. The lowest BCUT2D eigenvalue weighted by molar-refractivity contribution is 1.31. The number of nitrogens with one attached hydrogen (secondary N) is 2. The van der Waals surface area contributed by atoms with Crippen molar-refractivity contribution in [2.24, 2.45) is 0 Å². The maximum atomic E-state index is 5.35. The Morgan fingerprint density at radius 3 is 0.655 bits per heavy atom. The Labute approximate surface area is 348 Å². The Kier molecular flexibility index (Phi) is 18.1. The SMILES string of the molecule is C.C.C1=Cc2nc1c(-c1ccccc1)c1ccc([nH]1)c(-c1ccccc1)c1nc(c(-c3ccccc3)c3ccc([nH]3)c2-c2ccccc2)C=C1.CC.CC.CC.CC. The maximum absolute atomic E-state index is 5.35. The molecule has 0 fully saturated rings. The summed E-state index contributed by atoms with van der Waals surface area (Å²) < 4.78 is 0. The summed E-state index contributed by atoms with van der Waals surface area (Å²) in [6.45, 7) is 16.0. The summed E-state index contributed by atoms with van der Waals surface area (Å²) in [6, 6.07) is 50.7. The molecule has 0 spiro atoms. The Morgan fingerprint density at radius 1 is 0.276 bits per heavy atom. The summed E-state index contributed by atoms with van der Waals surface area (Å²) in [7, 11) is 0. The first-order valence-electron chi connectivity index (χ1n) is 20.2. The van der Waals surface area contributed by atoms with E-state index in [9.17, 15) is 0 Å². The number of nitrogens with zero attached hydrogens (tertiary/aromatic N) is 2. The second kappa shape index (κ2) is 22.9. The Morgan fingerprint density at radius 2 is 0.466 bits per heavy atom. The molecular weight excluding hydrogens is 705 g/mol. The van der Waals surface area contributed by atoms with Crippen LogP contribution in [0.3, 0.4) is 0 Å². The first kappa shape index (κ1) is 45.9. The van der Waals surface area contributed by atoms with E-state index in [0.29, 0.717) is 0 Å². The van der Waals surface area contributed by atoms with Crippen LogP contribution < -0.4 is 0 Å². The molecule has 0 radical (unpaired) electrons. The fourth-order valence-electron chi connectivity index (χ4n) is 6.84. The quantitative estimate of drug-likeness (QED) is 0.187. The van der Waals surface area contributed by atoms with Gasteiger partial charge < -0.3 is 9.97 Å².